The maximum absolute atomic E-state index is 12.7. The minimum absolute atomic E-state index is 0.0591. The molecule has 178 valence electrons. The van der Waals surface area contributed by atoms with Gasteiger partial charge in [-0.3, -0.25) is 4.79 Å². The van der Waals surface area contributed by atoms with Gasteiger partial charge in [0.15, 0.2) is 15.6 Å². The van der Waals surface area contributed by atoms with E-state index in [1.807, 2.05) is 49.9 Å². The zero-order valence-corrected chi connectivity index (χ0v) is 20.6. The molecular formula is C25H28N4O4S. The number of benzene rings is 1. The van der Waals surface area contributed by atoms with Crippen LogP contribution in [0.2, 0.25) is 0 Å². The average Bonchev–Trinajstić information content (AvgIpc) is 3.16. The Bertz CT molecular complexity index is 1520. The molecule has 0 radical (unpaired) electrons. The van der Waals surface area contributed by atoms with Crippen LogP contribution in [0, 0.1) is 6.92 Å². The lowest BCUT2D eigenvalue weighted by Gasteiger charge is -2.13. The zero-order chi connectivity index (χ0) is 24.5. The molecule has 4 aromatic rings. The number of aromatic nitrogens is 4. The molecule has 0 bridgehead atoms. The van der Waals surface area contributed by atoms with E-state index in [0.29, 0.717) is 29.1 Å². The van der Waals surface area contributed by atoms with Gasteiger partial charge in [0.1, 0.15) is 0 Å². The third-order valence-corrected chi connectivity index (χ3v) is 7.35. The van der Waals surface area contributed by atoms with Crippen molar-refractivity contribution in [2.24, 2.45) is 14.1 Å². The summed E-state index contributed by atoms with van der Waals surface area (Å²) in [5.74, 6) is 0.501. The van der Waals surface area contributed by atoms with Crippen LogP contribution in [-0.4, -0.2) is 33.3 Å². The van der Waals surface area contributed by atoms with Gasteiger partial charge in [-0.05, 0) is 37.1 Å². The van der Waals surface area contributed by atoms with Crippen LogP contribution in [0.3, 0.4) is 0 Å². The molecule has 1 aromatic carbocycles. The number of pyridine rings is 1. The summed E-state index contributed by atoms with van der Waals surface area (Å²) in [6.45, 7) is 3.89. The molecule has 0 aliphatic carbocycles. The standard InChI is InChI=1S/C25H28N4O4S/c1-5-6-13-34(31,32)16-20-14-21(19-9-10-22(30)29(4)15-19)27-25(26-20)33-24-17(2)7-8-18-11-12-28(3)23(18)24/h7-12,14-15H,5-6,13,16H2,1-4H3. The highest BCUT2D eigenvalue weighted by Crippen LogP contribution is 2.33. The van der Waals surface area contributed by atoms with Crippen LogP contribution in [0.25, 0.3) is 22.2 Å². The predicted molar refractivity (Wildman–Crippen MR) is 133 cm³/mol. The van der Waals surface area contributed by atoms with Crippen molar-refractivity contribution in [2.45, 2.75) is 32.4 Å². The number of nitrogens with zero attached hydrogens (tertiary/aromatic N) is 4. The number of hydrogen-bond acceptors (Lipinski definition) is 6. The van der Waals surface area contributed by atoms with Crippen molar-refractivity contribution in [2.75, 3.05) is 5.75 Å². The van der Waals surface area contributed by atoms with Crippen LogP contribution in [0.15, 0.2) is 53.6 Å². The maximum atomic E-state index is 12.7. The predicted octanol–water partition coefficient (Wildman–Crippen LogP) is 4.15. The molecule has 0 spiro atoms. The van der Waals surface area contributed by atoms with Gasteiger partial charge in [0, 0.05) is 43.5 Å². The number of ether oxygens (including phenoxy) is 1. The number of aryl methyl sites for hydroxylation is 3. The van der Waals surface area contributed by atoms with Crippen molar-refractivity contribution in [1.29, 1.82) is 0 Å². The number of fused-ring (bicyclic) bond motifs is 1. The van der Waals surface area contributed by atoms with Crippen LogP contribution < -0.4 is 10.3 Å². The first-order valence-corrected chi connectivity index (χ1v) is 13.0. The summed E-state index contributed by atoms with van der Waals surface area (Å²) in [4.78, 5) is 20.9. The molecule has 4 rings (SSSR count). The van der Waals surface area contributed by atoms with Crippen molar-refractivity contribution in [3.05, 3.63) is 70.4 Å². The Hall–Kier alpha value is -3.46. The topological polar surface area (TPSA) is 96.1 Å². The van der Waals surface area contributed by atoms with Crippen molar-refractivity contribution in [1.82, 2.24) is 19.1 Å². The molecule has 0 amide bonds. The largest absolute Gasteiger partial charge is 0.422 e. The van der Waals surface area contributed by atoms with E-state index in [-0.39, 0.29) is 23.1 Å². The van der Waals surface area contributed by atoms with E-state index in [4.69, 9.17) is 4.74 Å². The number of rotatable bonds is 8. The summed E-state index contributed by atoms with van der Waals surface area (Å²) in [7, 11) is 0.239. The molecule has 0 atom stereocenters. The second-order valence-corrected chi connectivity index (χ2v) is 10.7. The van der Waals surface area contributed by atoms with E-state index < -0.39 is 9.84 Å². The van der Waals surface area contributed by atoms with Gasteiger partial charge in [-0.1, -0.05) is 25.5 Å². The van der Waals surface area contributed by atoms with Crippen molar-refractivity contribution in [3.8, 4) is 23.0 Å². The fraction of sp³-hybridized carbons (Fsp3) is 0.320. The Kier molecular flexibility index (Phi) is 6.56. The third-order valence-electron chi connectivity index (χ3n) is 5.70. The van der Waals surface area contributed by atoms with Crippen molar-refractivity contribution < 1.29 is 13.2 Å². The maximum Gasteiger partial charge on any atom is 0.322 e. The van der Waals surface area contributed by atoms with Gasteiger partial charge in [0.2, 0.25) is 5.56 Å². The lowest BCUT2D eigenvalue weighted by atomic mass is 10.1. The van der Waals surface area contributed by atoms with Gasteiger partial charge in [0.05, 0.1) is 28.4 Å². The fourth-order valence-corrected chi connectivity index (χ4v) is 5.29. The summed E-state index contributed by atoms with van der Waals surface area (Å²) >= 11 is 0. The van der Waals surface area contributed by atoms with E-state index in [0.717, 1.165) is 22.9 Å². The average molecular weight is 481 g/mol. The Morgan fingerprint density at radius 2 is 1.82 bits per heavy atom. The van der Waals surface area contributed by atoms with Crippen LogP contribution in [0.5, 0.6) is 11.8 Å². The van der Waals surface area contributed by atoms with Gasteiger partial charge in [0.25, 0.3) is 0 Å². The van der Waals surface area contributed by atoms with Crippen LogP contribution in [0.1, 0.15) is 31.0 Å². The third kappa shape index (κ3) is 5.04. The summed E-state index contributed by atoms with van der Waals surface area (Å²) in [5, 5.41) is 1.01. The number of hydrogen-bond donors (Lipinski definition) is 0. The first kappa shape index (κ1) is 23.7. The molecule has 0 saturated heterocycles. The molecule has 0 saturated carbocycles. The highest BCUT2D eigenvalue weighted by atomic mass is 32.2. The Balaban J connectivity index is 1.82. The zero-order valence-electron chi connectivity index (χ0n) is 19.8. The summed E-state index contributed by atoms with van der Waals surface area (Å²) in [6, 6.07) is 10.8. The molecule has 0 N–H and O–H groups in total. The van der Waals surface area contributed by atoms with Crippen LogP contribution in [0.4, 0.5) is 0 Å². The Labute approximate surface area is 198 Å². The first-order chi connectivity index (χ1) is 16.2. The van der Waals surface area contributed by atoms with E-state index in [1.54, 1.807) is 25.4 Å². The highest BCUT2D eigenvalue weighted by molar-refractivity contribution is 7.90. The van der Waals surface area contributed by atoms with Crippen LogP contribution in [-0.2, 0) is 29.7 Å². The van der Waals surface area contributed by atoms with Gasteiger partial charge in [-0.25, -0.2) is 8.42 Å². The summed E-state index contributed by atoms with van der Waals surface area (Å²) < 4.78 is 34.9. The van der Waals surface area contributed by atoms with Gasteiger partial charge >= 0.3 is 6.01 Å². The summed E-state index contributed by atoms with van der Waals surface area (Å²) in [5.41, 5.74) is 3.15. The first-order valence-electron chi connectivity index (χ1n) is 11.1. The minimum atomic E-state index is -3.35. The minimum Gasteiger partial charge on any atom is -0.422 e. The summed E-state index contributed by atoms with van der Waals surface area (Å²) in [6.07, 6.45) is 5.00. The molecular weight excluding hydrogens is 452 g/mol. The van der Waals surface area contributed by atoms with Gasteiger partial charge in [-0.2, -0.15) is 9.97 Å². The van der Waals surface area contributed by atoms with Crippen molar-refractivity contribution in [3.63, 3.8) is 0 Å². The quantitative estimate of drug-likeness (QED) is 0.376. The normalized spacial score (nSPS) is 11.8. The monoisotopic (exact) mass is 480 g/mol. The number of unbranched alkanes of at least 4 members (excludes halogenated alkanes) is 1. The lowest BCUT2D eigenvalue weighted by Crippen LogP contribution is -2.14. The van der Waals surface area contributed by atoms with Gasteiger partial charge < -0.3 is 13.9 Å². The van der Waals surface area contributed by atoms with E-state index in [2.05, 4.69) is 9.97 Å². The molecule has 34 heavy (non-hydrogen) atoms. The van der Waals surface area contributed by atoms with E-state index in [1.165, 1.54) is 10.6 Å². The molecule has 0 unspecified atom stereocenters. The SMILES string of the molecule is CCCCS(=O)(=O)Cc1cc(-c2ccc(=O)n(C)c2)nc(Oc2c(C)ccc3ccn(C)c23)n1. The van der Waals surface area contributed by atoms with Crippen molar-refractivity contribution >= 4 is 20.7 Å². The molecule has 3 aromatic heterocycles. The molecule has 0 aliphatic rings. The molecule has 0 fully saturated rings. The molecule has 8 nitrogen and oxygen atoms in total. The number of sulfone groups is 1. The highest BCUT2D eigenvalue weighted by Gasteiger charge is 2.18. The van der Waals surface area contributed by atoms with Crippen LogP contribution >= 0.6 is 0 Å². The smallest absolute Gasteiger partial charge is 0.322 e. The van der Waals surface area contributed by atoms with Gasteiger partial charge in [-0.15, -0.1) is 0 Å². The molecule has 9 heteroatoms. The lowest BCUT2D eigenvalue weighted by molar-refractivity contribution is 0.440. The molecule has 3 heterocycles. The fourth-order valence-electron chi connectivity index (χ4n) is 3.82. The second-order valence-electron chi connectivity index (χ2n) is 8.52. The second kappa shape index (κ2) is 9.42. The van der Waals surface area contributed by atoms with E-state index in [9.17, 15) is 13.2 Å². The Morgan fingerprint density at radius 3 is 2.56 bits per heavy atom. The van der Waals surface area contributed by atoms with E-state index >= 15 is 0 Å². The molecule has 0 aliphatic heterocycles. The Morgan fingerprint density at radius 1 is 1.03 bits per heavy atom.